The van der Waals surface area contributed by atoms with Crippen molar-refractivity contribution in [2.75, 3.05) is 19.6 Å². The Morgan fingerprint density at radius 1 is 1.63 bits per heavy atom. The summed E-state index contributed by atoms with van der Waals surface area (Å²) in [4.78, 5) is 4.24. The number of aromatic nitrogens is 1. The average molecular weight is 304 g/mol. The topological polar surface area (TPSA) is 88.3 Å². The molecule has 6 nitrogen and oxygen atoms in total. The van der Waals surface area contributed by atoms with Crippen LogP contribution in [0.4, 0.5) is 0 Å². The Labute approximate surface area is 118 Å². The summed E-state index contributed by atoms with van der Waals surface area (Å²) in [5.41, 5.74) is 6.54. The van der Waals surface area contributed by atoms with Crippen molar-refractivity contribution in [3.05, 3.63) is 16.1 Å². The van der Waals surface area contributed by atoms with E-state index in [9.17, 15) is 8.42 Å². The van der Waals surface area contributed by atoms with Gasteiger partial charge in [0.2, 0.25) is 0 Å². The zero-order chi connectivity index (χ0) is 13.9. The van der Waals surface area contributed by atoms with Crippen molar-refractivity contribution in [2.45, 2.75) is 26.3 Å². The van der Waals surface area contributed by atoms with Crippen molar-refractivity contribution in [2.24, 2.45) is 11.7 Å². The Hall–Kier alpha value is -0.540. The first-order chi connectivity index (χ1) is 9.01. The maximum Gasteiger partial charge on any atom is 0.279 e. The van der Waals surface area contributed by atoms with Gasteiger partial charge in [-0.3, -0.25) is 0 Å². The Morgan fingerprint density at radius 3 is 3.05 bits per heavy atom. The maximum absolute atomic E-state index is 12.2. The van der Waals surface area contributed by atoms with Gasteiger partial charge < -0.3 is 5.73 Å². The van der Waals surface area contributed by atoms with E-state index in [0.29, 0.717) is 19.6 Å². The molecule has 1 saturated heterocycles. The minimum absolute atomic E-state index is 0.255. The normalized spacial score (nSPS) is 21.7. The van der Waals surface area contributed by atoms with Gasteiger partial charge in [0.1, 0.15) is 5.01 Å². The number of hydrogen-bond acceptors (Lipinski definition) is 5. The average Bonchev–Trinajstić information content (AvgIpc) is 2.82. The van der Waals surface area contributed by atoms with Gasteiger partial charge in [-0.1, -0.05) is 0 Å². The van der Waals surface area contributed by atoms with Crippen LogP contribution in [0.3, 0.4) is 0 Å². The molecule has 0 saturated carbocycles. The third kappa shape index (κ3) is 3.96. The second kappa shape index (κ2) is 6.27. The molecule has 1 aromatic rings. The van der Waals surface area contributed by atoms with Crippen molar-refractivity contribution >= 4 is 21.5 Å². The molecule has 3 N–H and O–H groups in total. The van der Waals surface area contributed by atoms with Crippen molar-refractivity contribution < 1.29 is 8.42 Å². The van der Waals surface area contributed by atoms with Gasteiger partial charge in [0.25, 0.3) is 10.2 Å². The van der Waals surface area contributed by atoms with Gasteiger partial charge >= 0.3 is 0 Å². The molecule has 2 heterocycles. The maximum atomic E-state index is 12.2. The van der Waals surface area contributed by atoms with Gasteiger partial charge in [0.05, 0.1) is 6.54 Å². The molecule has 0 spiro atoms. The summed E-state index contributed by atoms with van der Waals surface area (Å²) in [7, 11) is -3.42. The summed E-state index contributed by atoms with van der Waals surface area (Å²) in [5, 5.41) is 2.70. The van der Waals surface area contributed by atoms with Crippen LogP contribution in [0.2, 0.25) is 0 Å². The van der Waals surface area contributed by atoms with E-state index in [2.05, 4.69) is 9.71 Å². The molecule has 1 fully saturated rings. The smallest absolute Gasteiger partial charge is 0.279 e. The lowest BCUT2D eigenvalue weighted by molar-refractivity contribution is 0.268. The fourth-order valence-electron chi connectivity index (χ4n) is 2.17. The number of nitrogens with two attached hydrogens (primary N) is 1. The van der Waals surface area contributed by atoms with Crippen molar-refractivity contribution in [3.8, 4) is 0 Å². The predicted molar refractivity (Wildman–Crippen MR) is 76.0 cm³/mol. The van der Waals surface area contributed by atoms with E-state index in [0.717, 1.165) is 23.5 Å². The lowest BCUT2D eigenvalue weighted by atomic mass is 10.0. The van der Waals surface area contributed by atoms with Gasteiger partial charge in [0.15, 0.2) is 0 Å². The number of rotatable bonds is 5. The van der Waals surface area contributed by atoms with Gasteiger partial charge in [-0.15, -0.1) is 11.3 Å². The highest BCUT2D eigenvalue weighted by Crippen LogP contribution is 2.18. The van der Waals surface area contributed by atoms with E-state index in [-0.39, 0.29) is 12.5 Å². The molecular formula is C11H20N4O2S2. The first kappa shape index (κ1) is 14.9. The number of piperidine rings is 1. The fraction of sp³-hybridized carbons (Fsp3) is 0.727. The summed E-state index contributed by atoms with van der Waals surface area (Å²) in [6.07, 6.45) is 1.88. The zero-order valence-corrected chi connectivity index (χ0v) is 12.6. The Kier molecular flexibility index (Phi) is 4.91. The lowest BCUT2D eigenvalue weighted by Gasteiger charge is -2.31. The number of thiazole rings is 1. The molecule has 8 heteroatoms. The predicted octanol–water partition coefficient (Wildman–Crippen LogP) is 0.457. The lowest BCUT2D eigenvalue weighted by Crippen LogP contribution is -2.47. The van der Waals surface area contributed by atoms with Crippen LogP contribution in [-0.2, 0) is 16.8 Å². The summed E-state index contributed by atoms with van der Waals surface area (Å²) < 4.78 is 28.5. The van der Waals surface area contributed by atoms with E-state index >= 15 is 0 Å². The molecule has 0 aliphatic carbocycles. The monoisotopic (exact) mass is 304 g/mol. The first-order valence-corrected chi connectivity index (χ1v) is 8.69. The van der Waals surface area contributed by atoms with Crippen LogP contribution in [0.1, 0.15) is 23.5 Å². The second-order valence-corrected chi connectivity index (χ2v) is 7.51. The van der Waals surface area contributed by atoms with Crippen LogP contribution < -0.4 is 10.5 Å². The van der Waals surface area contributed by atoms with Crippen molar-refractivity contribution in [1.82, 2.24) is 14.0 Å². The molecular weight excluding hydrogens is 284 g/mol. The molecule has 1 aliphatic heterocycles. The van der Waals surface area contributed by atoms with E-state index in [4.69, 9.17) is 5.73 Å². The first-order valence-electron chi connectivity index (χ1n) is 6.37. The summed E-state index contributed by atoms with van der Waals surface area (Å²) in [6, 6.07) is 0. The van der Waals surface area contributed by atoms with Crippen LogP contribution in [0.5, 0.6) is 0 Å². The van der Waals surface area contributed by atoms with Crippen LogP contribution in [0.15, 0.2) is 5.38 Å². The van der Waals surface area contributed by atoms with Gasteiger partial charge in [-0.05, 0) is 32.2 Å². The highest BCUT2D eigenvalue weighted by molar-refractivity contribution is 7.87. The van der Waals surface area contributed by atoms with Crippen molar-refractivity contribution in [3.63, 3.8) is 0 Å². The largest absolute Gasteiger partial charge is 0.330 e. The molecule has 1 atom stereocenters. The molecule has 108 valence electrons. The molecule has 1 aromatic heterocycles. The van der Waals surface area contributed by atoms with E-state index in [1.807, 2.05) is 12.3 Å². The highest BCUT2D eigenvalue weighted by Gasteiger charge is 2.28. The molecule has 1 aliphatic rings. The number of aryl methyl sites for hydroxylation is 1. The summed E-state index contributed by atoms with van der Waals surface area (Å²) in [6.45, 7) is 3.78. The minimum atomic E-state index is -3.42. The van der Waals surface area contributed by atoms with E-state index in [1.165, 1.54) is 15.6 Å². The zero-order valence-electron chi connectivity index (χ0n) is 11.0. The Morgan fingerprint density at radius 2 is 2.42 bits per heavy atom. The van der Waals surface area contributed by atoms with Crippen LogP contribution in [0, 0.1) is 12.8 Å². The number of hydrogen-bond donors (Lipinski definition) is 2. The van der Waals surface area contributed by atoms with Crippen LogP contribution in [-0.4, -0.2) is 37.3 Å². The third-order valence-corrected chi connectivity index (χ3v) is 5.71. The summed E-state index contributed by atoms with van der Waals surface area (Å²) >= 11 is 1.47. The minimum Gasteiger partial charge on any atom is -0.330 e. The van der Waals surface area contributed by atoms with Crippen LogP contribution >= 0.6 is 11.3 Å². The van der Waals surface area contributed by atoms with Gasteiger partial charge in [-0.2, -0.15) is 17.4 Å². The van der Waals surface area contributed by atoms with E-state index < -0.39 is 10.2 Å². The highest BCUT2D eigenvalue weighted by atomic mass is 32.2. The quantitative estimate of drug-likeness (QED) is 0.827. The Balaban J connectivity index is 1.94. The molecule has 2 rings (SSSR count). The molecule has 19 heavy (non-hydrogen) atoms. The van der Waals surface area contributed by atoms with Crippen LogP contribution in [0.25, 0.3) is 0 Å². The number of nitrogens with zero attached hydrogens (tertiary/aromatic N) is 2. The van der Waals surface area contributed by atoms with Gasteiger partial charge in [0, 0.05) is 24.2 Å². The fourth-order valence-corrected chi connectivity index (χ4v) is 4.25. The van der Waals surface area contributed by atoms with Crippen molar-refractivity contribution in [1.29, 1.82) is 0 Å². The van der Waals surface area contributed by atoms with Gasteiger partial charge in [-0.25, -0.2) is 4.98 Å². The standard InChI is InChI=1S/C11H20N4O2S2/c1-9-8-18-11(14-9)6-13-19(16,17)15-4-2-3-10(5-12)7-15/h8,10,13H,2-7,12H2,1H3. The molecule has 0 radical (unpaired) electrons. The molecule has 1 unspecified atom stereocenters. The van der Waals surface area contributed by atoms with E-state index in [1.54, 1.807) is 0 Å². The SMILES string of the molecule is Cc1csc(CNS(=O)(=O)N2CCCC(CN)C2)n1. The third-order valence-electron chi connectivity index (χ3n) is 3.23. The Bertz CT molecular complexity index is 515. The second-order valence-electron chi connectivity index (χ2n) is 4.81. The number of nitrogens with one attached hydrogen (secondary N) is 1. The molecule has 0 bridgehead atoms. The summed E-state index contributed by atoms with van der Waals surface area (Å²) in [5.74, 6) is 0.271. The molecule has 0 amide bonds. The molecule has 0 aromatic carbocycles.